The highest BCUT2D eigenvalue weighted by atomic mass is 79.9. The zero-order valence-electron chi connectivity index (χ0n) is 11.2. The van der Waals surface area contributed by atoms with Gasteiger partial charge in [-0.25, -0.2) is 0 Å². The number of nitrogens with zero attached hydrogens (tertiary/aromatic N) is 1. The Hall–Kier alpha value is -2.28. The SMILES string of the molecule is COc1ccc(Br)c(CNc2ccc(O)cc2[N+](=O)[O-])c1. The number of benzene rings is 2. The maximum Gasteiger partial charge on any atom is 0.296 e. The van der Waals surface area contributed by atoms with E-state index < -0.39 is 4.92 Å². The number of hydrogen-bond acceptors (Lipinski definition) is 5. The van der Waals surface area contributed by atoms with Crippen LogP contribution in [0.25, 0.3) is 0 Å². The first-order chi connectivity index (χ1) is 10.0. The monoisotopic (exact) mass is 352 g/mol. The van der Waals surface area contributed by atoms with Crippen molar-refractivity contribution in [3.8, 4) is 11.5 Å². The van der Waals surface area contributed by atoms with Gasteiger partial charge in [-0.1, -0.05) is 15.9 Å². The van der Waals surface area contributed by atoms with Crippen molar-refractivity contribution in [2.75, 3.05) is 12.4 Å². The van der Waals surface area contributed by atoms with Crippen LogP contribution in [0.2, 0.25) is 0 Å². The van der Waals surface area contributed by atoms with Crippen LogP contribution in [-0.4, -0.2) is 17.1 Å². The van der Waals surface area contributed by atoms with E-state index in [1.165, 1.54) is 12.1 Å². The van der Waals surface area contributed by atoms with Crippen LogP contribution in [0.15, 0.2) is 40.9 Å². The van der Waals surface area contributed by atoms with E-state index in [1.807, 2.05) is 18.2 Å². The van der Waals surface area contributed by atoms with Crippen LogP contribution in [0, 0.1) is 10.1 Å². The maximum atomic E-state index is 11.0. The Labute approximate surface area is 129 Å². The van der Waals surface area contributed by atoms with Crippen molar-refractivity contribution >= 4 is 27.3 Å². The Balaban J connectivity index is 2.22. The molecule has 7 heteroatoms. The molecule has 0 radical (unpaired) electrons. The molecular weight excluding hydrogens is 340 g/mol. The molecule has 2 N–H and O–H groups in total. The summed E-state index contributed by atoms with van der Waals surface area (Å²) in [5, 5.41) is 23.3. The van der Waals surface area contributed by atoms with Crippen molar-refractivity contribution in [3.63, 3.8) is 0 Å². The van der Waals surface area contributed by atoms with Crippen LogP contribution in [0.1, 0.15) is 5.56 Å². The molecule has 0 saturated carbocycles. The number of nitro groups is 1. The smallest absolute Gasteiger partial charge is 0.296 e. The molecule has 0 aliphatic carbocycles. The molecule has 0 saturated heterocycles. The van der Waals surface area contributed by atoms with Gasteiger partial charge in [0.1, 0.15) is 17.2 Å². The minimum Gasteiger partial charge on any atom is -0.508 e. The van der Waals surface area contributed by atoms with Crippen molar-refractivity contribution < 1.29 is 14.8 Å². The molecule has 2 aromatic carbocycles. The number of phenols is 1. The van der Waals surface area contributed by atoms with Crippen LogP contribution in [-0.2, 0) is 6.54 Å². The molecule has 0 spiro atoms. The fourth-order valence-corrected chi connectivity index (χ4v) is 2.21. The summed E-state index contributed by atoms with van der Waals surface area (Å²) < 4.78 is 6.02. The van der Waals surface area contributed by atoms with E-state index in [1.54, 1.807) is 7.11 Å². The van der Waals surface area contributed by atoms with Gasteiger partial charge in [-0.05, 0) is 35.9 Å². The summed E-state index contributed by atoms with van der Waals surface area (Å²) in [4.78, 5) is 10.4. The molecule has 0 aromatic heterocycles. The molecule has 6 nitrogen and oxygen atoms in total. The second-order valence-electron chi connectivity index (χ2n) is 4.27. The molecule has 0 fully saturated rings. The number of rotatable bonds is 5. The first-order valence-electron chi connectivity index (χ1n) is 6.05. The topological polar surface area (TPSA) is 84.6 Å². The van der Waals surface area contributed by atoms with Gasteiger partial charge in [-0.15, -0.1) is 0 Å². The molecule has 0 aliphatic heterocycles. The normalized spacial score (nSPS) is 10.2. The van der Waals surface area contributed by atoms with Gasteiger partial charge in [0.25, 0.3) is 5.69 Å². The average Bonchev–Trinajstić information content (AvgIpc) is 2.47. The maximum absolute atomic E-state index is 11.0. The number of anilines is 1. The summed E-state index contributed by atoms with van der Waals surface area (Å²) >= 11 is 3.42. The third-order valence-corrected chi connectivity index (χ3v) is 3.67. The fourth-order valence-electron chi connectivity index (χ4n) is 1.82. The number of aromatic hydroxyl groups is 1. The quantitative estimate of drug-likeness (QED) is 0.487. The Morgan fingerprint density at radius 1 is 1.33 bits per heavy atom. The molecule has 2 aromatic rings. The Morgan fingerprint density at radius 2 is 2.10 bits per heavy atom. The Bertz CT molecular complexity index is 676. The van der Waals surface area contributed by atoms with E-state index in [0.717, 1.165) is 16.1 Å². The summed E-state index contributed by atoms with van der Waals surface area (Å²) in [6.07, 6.45) is 0. The molecule has 2 rings (SSSR count). The minimum atomic E-state index is -0.539. The van der Waals surface area contributed by atoms with Gasteiger partial charge in [0, 0.05) is 11.0 Å². The van der Waals surface area contributed by atoms with E-state index in [-0.39, 0.29) is 11.4 Å². The van der Waals surface area contributed by atoms with Gasteiger partial charge >= 0.3 is 0 Å². The largest absolute Gasteiger partial charge is 0.508 e. The van der Waals surface area contributed by atoms with Crippen LogP contribution < -0.4 is 10.1 Å². The third-order valence-electron chi connectivity index (χ3n) is 2.90. The first-order valence-corrected chi connectivity index (χ1v) is 6.84. The highest BCUT2D eigenvalue weighted by molar-refractivity contribution is 9.10. The zero-order valence-corrected chi connectivity index (χ0v) is 12.8. The molecule has 0 unspecified atom stereocenters. The van der Waals surface area contributed by atoms with Crippen molar-refractivity contribution in [1.82, 2.24) is 0 Å². The van der Waals surface area contributed by atoms with E-state index in [9.17, 15) is 15.2 Å². The molecule has 0 bridgehead atoms. The summed E-state index contributed by atoms with van der Waals surface area (Å²) in [5.41, 5.74) is 1.07. The second-order valence-corrected chi connectivity index (χ2v) is 5.12. The molecule has 0 heterocycles. The predicted octanol–water partition coefficient (Wildman–Crippen LogP) is 3.68. The third kappa shape index (κ3) is 3.63. The summed E-state index contributed by atoms with van der Waals surface area (Å²) in [7, 11) is 1.57. The molecule has 0 amide bonds. The highest BCUT2D eigenvalue weighted by Gasteiger charge is 2.14. The predicted molar refractivity (Wildman–Crippen MR) is 82.8 cm³/mol. The lowest BCUT2D eigenvalue weighted by molar-refractivity contribution is -0.384. The van der Waals surface area contributed by atoms with Gasteiger partial charge in [-0.3, -0.25) is 10.1 Å². The lowest BCUT2D eigenvalue weighted by atomic mass is 10.2. The number of nitro benzene ring substituents is 1. The number of phenolic OH excluding ortho intramolecular Hbond substituents is 1. The van der Waals surface area contributed by atoms with Gasteiger partial charge in [-0.2, -0.15) is 0 Å². The Morgan fingerprint density at radius 3 is 2.76 bits per heavy atom. The fraction of sp³-hybridized carbons (Fsp3) is 0.143. The highest BCUT2D eigenvalue weighted by Crippen LogP contribution is 2.30. The Kier molecular flexibility index (Phi) is 4.64. The van der Waals surface area contributed by atoms with Gasteiger partial charge in [0.15, 0.2) is 0 Å². The summed E-state index contributed by atoms with van der Waals surface area (Å²) in [6.45, 7) is 0.378. The van der Waals surface area contributed by atoms with Gasteiger partial charge in [0.2, 0.25) is 0 Å². The lowest BCUT2D eigenvalue weighted by Gasteiger charge is -2.10. The molecule has 21 heavy (non-hydrogen) atoms. The average molecular weight is 353 g/mol. The number of ether oxygens (including phenoxy) is 1. The van der Waals surface area contributed by atoms with E-state index in [0.29, 0.717) is 18.0 Å². The van der Waals surface area contributed by atoms with Crippen LogP contribution in [0.5, 0.6) is 11.5 Å². The van der Waals surface area contributed by atoms with Crippen LogP contribution in [0.4, 0.5) is 11.4 Å². The molecule has 110 valence electrons. The number of hydrogen-bond donors (Lipinski definition) is 2. The van der Waals surface area contributed by atoms with Crippen molar-refractivity contribution in [2.24, 2.45) is 0 Å². The number of methoxy groups -OCH3 is 1. The van der Waals surface area contributed by atoms with Crippen LogP contribution >= 0.6 is 15.9 Å². The second kappa shape index (κ2) is 6.45. The van der Waals surface area contributed by atoms with Crippen molar-refractivity contribution in [1.29, 1.82) is 0 Å². The molecule has 0 atom stereocenters. The minimum absolute atomic E-state index is 0.144. The lowest BCUT2D eigenvalue weighted by Crippen LogP contribution is -2.03. The molecule has 0 aliphatic rings. The van der Waals surface area contributed by atoms with E-state index >= 15 is 0 Å². The summed E-state index contributed by atoms with van der Waals surface area (Å²) in [5.74, 6) is 0.560. The molecular formula is C14H13BrN2O4. The van der Waals surface area contributed by atoms with Crippen molar-refractivity contribution in [2.45, 2.75) is 6.54 Å². The van der Waals surface area contributed by atoms with E-state index in [4.69, 9.17) is 4.74 Å². The van der Waals surface area contributed by atoms with Gasteiger partial charge < -0.3 is 15.2 Å². The van der Waals surface area contributed by atoms with Crippen LogP contribution in [0.3, 0.4) is 0 Å². The zero-order chi connectivity index (χ0) is 15.4. The standard InChI is InChI=1S/C14H13BrN2O4/c1-21-11-3-4-12(15)9(6-11)8-16-13-5-2-10(18)7-14(13)17(19)20/h2-7,16,18H,8H2,1H3. The number of halogens is 1. The van der Waals surface area contributed by atoms with Gasteiger partial charge in [0.05, 0.1) is 18.1 Å². The summed E-state index contributed by atoms with van der Waals surface area (Å²) in [6, 6.07) is 9.49. The van der Waals surface area contributed by atoms with E-state index in [2.05, 4.69) is 21.2 Å². The number of nitrogens with one attached hydrogen (secondary N) is 1. The first kappa shape index (κ1) is 15.1. The van der Waals surface area contributed by atoms with Crippen molar-refractivity contribution in [3.05, 3.63) is 56.5 Å².